The Balaban J connectivity index is 3.02. The summed E-state index contributed by atoms with van der Waals surface area (Å²) in [5, 5.41) is 13.0. The molecule has 11 heavy (non-hydrogen) atoms. The number of nitrogens with zero attached hydrogens (tertiary/aromatic N) is 2. The molecule has 0 fully saturated rings. The van der Waals surface area contributed by atoms with Crippen molar-refractivity contribution in [3.8, 4) is 0 Å². The molecular weight excluding hydrogens is 142 g/mol. The van der Waals surface area contributed by atoms with Crippen LogP contribution in [0.4, 0.5) is 11.5 Å². The second-order valence-electron chi connectivity index (χ2n) is 2.15. The Hall–Kier alpha value is -1.29. The van der Waals surface area contributed by atoms with E-state index in [2.05, 4.69) is 10.3 Å². The van der Waals surface area contributed by atoms with Gasteiger partial charge in [0.15, 0.2) is 5.82 Å². The standard InChI is InChI=1S/C7H11N3O/c1-8-6-4-3-5-9-7(6)10(2)11/h3-5,8,11H,1-2H3. The number of hydrogen-bond donors (Lipinski definition) is 2. The summed E-state index contributed by atoms with van der Waals surface area (Å²) in [6, 6.07) is 3.65. The lowest BCUT2D eigenvalue weighted by atomic mass is 10.4. The Labute approximate surface area is 65.4 Å². The third-order valence-corrected chi connectivity index (χ3v) is 1.36. The van der Waals surface area contributed by atoms with Crippen LogP contribution in [0.2, 0.25) is 0 Å². The lowest BCUT2D eigenvalue weighted by Crippen LogP contribution is -2.13. The molecule has 0 bridgehead atoms. The number of pyridine rings is 1. The summed E-state index contributed by atoms with van der Waals surface area (Å²) in [5.74, 6) is 0.523. The normalized spacial score (nSPS) is 9.36. The average molecular weight is 153 g/mol. The van der Waals surface area contributed by atoms with Crippen LogP contribution >= 0.6 is 0 Å². The van der Waals surface area contributed by atoms with Gasteiger partial charge in [-0.05, 0) is 12.1 Å². The van der Waals surface area contributed by atoms with E-state index in [4.69, 9.17) is 5.21 Å². The number of aromatic nitrogens is 1. The van der Waals surface area contributed by atoms with Crippen LogP contribution in [0.15, 0.2) is 18.3 Å². The van der Waals surface area contributed by atoms with Crippen molar-refractivity contribution in [3.05, 3.63) is 18.3 Å². The lowest BCUT2D eigenvalue weighted by molar-refractivity contribution is 0.276. The topological polar surface area (TPSA) is 48.4 Å². The third kappa shape index (κ3) is 1.59. The predicted octanol–water partition coefficient (Wildman–Crippen LogP) is 0.949. The molecule has 0 aliphatic rings. The molecule has 1 rings (SSSR count). The summed E-state index contributed by atoms with van der Waals surface area (Å²) >= 11 is 0. The fourth-order valence-electron chi connectivity index (χ4n) is 0.850. The number of rotatable bonds is 2. The first-order chi connectivity index (χ1) is 5.25. The fourth-order valence-corrected chi connectivity index (χ4v) is 0.850. The van der Waals surface area contributed by atoms with E-state index in [1.807, 2.05) is 6.07 Å². The molecule has 0 spiro atoms. The van der Waals surface area contributed by atoms with Gasteiger partial charge in [-0.25, -0.2) is 10.0 Å². The van der Waals surface area contributed by atoms with E-state index in [1.165, 1.54) is 7.05 Å². The maximum atomic E-state index is 9.07. The van der Waals surface area contributed by atoms with E-state index in [0.717, 1.165) is 10.8 Å². The zero-order valence-corrected chi connectivity index (χ0v) is 6.57. The van der Waals surface area contributed by atoms with E-state index in [9.17, 15) is 0 Å². The van der Waals surface area contributed by atoms with E-state index < -0.39 is 0 Å². The summed E-state index contributed by atoms with van der Waals surface area (Å²) in [6.45, 7) is 0. The predicted molar refractivity (Wildman–Crippen MR) is 44.0 cm³/mol. The molecule has 1 aromatic rings. The maximum absolute atomic E-state index is 9.07. The molecule has 0 aromatic carbocycles. The highest BCUT2D eigenvalue weighted by molar-refractivity contribution is 5.63. The Kier molecular flexibility index (Phi) is 2.28. The highest BCUT2D eigenvalue weighted by Crippen LogP contribution is 2.18. The first-order valence-electron chi connectivity index (χ1n) is 3.31. The fraction of sp³-hybridized carbons (Fsp3) is 0.286. The molecule has 2 N–H and O–H groups in total. The van der Waals surface area contributed by atoms with Crippen LogP contribution in [0, 0.1) is 0 Å². The Bertz CT molecular complexity index is 237. The molecule has 0 aliphatic carbocycles. The van der Waals surface area contributed by atoms with Gasteiger partial charge in [-0.1, -0.05) is 0 Å². The number of hydrogen-bond acceptors (Lipinski definition) is 4. The van der Waals surface area contributed by atoms with E-state index in [0.29, 0.717) is 5.82 Å². The molecule has 4 nitrogen and oxygen atoms in total. The van der Waals surface area contributed by atoms with E-state index in [-0.39, 0.29) is 0 Å². The molecule has 0 saturated carbocycles. The Morgan fingerprint density at radius 3 is 2.82 bits per heavy atom. The van der Waals surface area contributed by atoms with Crippen molar-refractivity contribution in [2.75, 3.05) is 24.5 Å². The van der Waals surface area contributed by atoms with Gasteiger partial charge < -0.3 is 5.32 Å². The second-order valence-corrected chi connectivity index (χ2v) is 2.15. The molecule has 1 heterocycles. The van der Waals surface area contributed by atoms with E-state index in [1.54, 1.807) is 19.3 Å². The molecule has 0 atom stereocenters. The van der Waals surface area contributed by atoms with Gasteiger partial charge in [0.1, 0.15) is 0 Å². The van der Waals surface area contributed by atoms with Crippen molar-refractivity contribution >= 4 is 11.5 Å². The van der Waals surface area contributed by atoms with Crippen molar-refractivity contribution in [1.29, 1.82) is 0 Å². The van der Waals surface area contributed by atoms with Crippen LogP contribution in [0.5, 0.6) is 0 Å². The quantitative estimate of drug-likeness (QED) is 0.621. The molecule has 0 amide bonds. The summed E-state index contributed by atoms with van der Waals surface area (Å²) in [5.41, 5.74) is 0.803. The Morgan fingerprint density at radius 1 is 1.64 bits per heavy atom. The maximum Gasteiger partial charge on any atom is 0.175 e. The molecule has 0 radical (unpaired) electrons. The van der Waals surface area contributed by atoms with Crippen molar-refractivity contribution < 1.29 is 5.21 Å². The first kappa shape index (κ1) is 7.81. The van der Waals surface area contributed by atoms with Gasteiger partial charge in [0.05, 0.1) is 5.69 Å². The number of anilines is 2. The highest BCUT2D eigenvalue weighted by atomic mass is 16.5. The molecule has 0 aliphatic heterocycles. The van der Waals surface area contributed by atoms with Gasteiger partial charge in [0.25, 0.3) is 0 Å². The minimum Gasteiger partial charge on any atom is -0.385 e. The summed E-state index contributed by atoms with van der Waals surface area (Å²) in [7, 11) is 3.31. The van der Waals surface area contributed by atoms with Gasteiger partial charge in [-0.3, -0.25) is 5.21 Å². The minimum atomic E-state index is 0.523. The van der Waals surface area contributed by atoms with Crippen molar-refractivity contribution in [2.45, 2.75) is 0 Å². The summed E-state index contributed by atoms with van der Waals surface area (Å²) < 4.78 is 0. The molecule has 60 valence electrons. The van der Waals surface area contributed by atoms with Gasteiger partial charge in [-0.15, -0.1) is 0 Å². The third-order valence-electron chi connectivity index (χ3n) is 1.36. The van der Waals surface area contributed by atoms with Gasteiger partial charge in [0, 0.05) is 20.3 Å². The van der Waals surface area contributed by atoms with Crippen molar-refractivity contribution in [2.24, 2.45) is 0 Å². The smallest absolute Gasteiger partial charge is 0.175 e. The van der Waals surface area contributed by atoms with Crippen LogP contribution in [0.3, 0.4) is 0 Å². The van der Waals surface area contributed by atoms with E-state index >= 15 is 0 Å². The number of nitrogens with one attached hydrogen (secondary N) is 1. The molecule has 4 heteroatoms. The highest BCUT2D eigenvalue weighted by Gasteiger charge is 2.02. The number of hydroxylamine groups is 1. The van der Waals surface area contributed by atoms with Crippen LogP contribution in [-0.4, -0.2) is 24.3 Å². The van der Waals surface area contributed by atoms with Gasteiger partial charge in [0.2, 0.25) is 0 Å². The summed E-state index contributed by atoms with van der Waals surface area (Å²) in [4.78, 5) is 3.96. The SMILES string of the molecule is CNc1cccnc1N(C)O. The van der Waals surface area contributed by atoms with Crippen molar-refractivity contribution in [1.82, 2.24) is 4.98 Å². The zero-order chi connectivity index (χ0) is 8.27. The second kappa shape index (κ2) is 3.21. The summed E-state index contributed by atoms with van der Waals surface area (Å²) in [6.07, 6.45) is 1.63. The lowest BCUT2D eigenvalue weighted by Gasteiger charge is -2.12. The Morgan fingerprint density at radius 2 is 2.36 bits per heavy atom. The van der Waals surface area contributed by atoms with Gasteiger partial charge in [-0.2, -0.15) is 0 Å². The molecule has 0 unspecified atom stereocenters. The molecular formula is C7H11N3O. The van der Waals surface area contributed by atoms with Crippen molar-refractivity contribution in [3.63, 3.8) is 0 Å². The largest absolute Gasteiger partial charge is 0.385 e. The minimum absolute atomic E-state index is 0.523. The van der Waals surface area contributed by atoms with Crippen LogP contribution < -0.4 is 10.4 Å². The monoisotopic (exact) mass is 153 g/mol. The van der Waals surface area contributed by atoms with Gasteiger partial charge >= 0.3 is 0 Å². The first-order valence-corrected chi connectivity index (χ1v) is 3.31. The molecule has 1 aromatic heterocycles. The zero-order valence-electron chi connectivity index (χ0n) is 6.57. The molecule has 0 saturated heterocycles. The van der Waals surface area contributed by atoms with Crippen LogP contribution in [0.25, 0.3) is 0 Å². The van der Waals surface area contributed by atoms with Crippen LogP contribution in [-0.2, 0) is 0 Å². The average Bonchev–Trinajstić information content (AvgIpc) is 2.04. The van der Waals surface area contributed by atoms with Crippen LogP contribution in [0.1, 0.15) is 0 Å².